The molecule has 0 fully saturated rings. The normalized spacial score (nSPS) is 13.8. The second kappa shape index (κ2) is 11.0. The molecule has 0 heterocycles. The van der Waals surface area contributed by atoms with Crippen LogP contribution in [0.5, 0.6) is 0 Å². The molecule has 0 aromatic carbocycles. The molecule has 0 aliphatic heterocycles. The molecular formula is C16H30. The minimum absolute atomic E-state index is 0.763. The Labute approximate surface area is 103 Å². The second-order valence-electron chi connectivity index (χ2n) is 4.65. The topological polar surface area (TPSA) is 0 Å². The molecule has 1 unspecified atom stereocenters. The fourth-order valence-corrected chi connectivity index (χ4v) is 2.32. The predicted molar refractivity (Wildman–Crippen MR) is 75.7 cm³/mol. The number of hydrogen-bond donors (Lipinski definition) is 0. The van der Waals surface area contributed by atoms with Crippen LogP contribution in [0.15, 0.2) is 24.3 Å². The molecule has 0 spiro atoms. The Kier molecular flexibility index (Phi) is 10.6. The van der Waals surface area contributed by atoms with Gasteiger partial charge in [0.25, 0.3) is 0 Å². The maximum Gasteiger partial charge on any atom is -0.0169 e. The average Bonchev–Trinajstić information content (AvgIpc) is 2.28. The molecule has 0 rings (SSSR count). The third kappa shape index (κ3) is 6.87. The van der Waals surface area contributed by atoms with E-state index < -0.39 is 0 Å². The van der Waals surface area contributed by atoms with Gasteiger partial charge in [0.15, 0.2) is 0 Å². The molecule has 0 saturated heterocycles. The van der Waals surface area contributed by atoms with Crippen LogP contribution in [0.3, 0.4) is 0 Å². The number of rotatable bonds is 10. The first kappa shape index (κ1) is 15.5. The summed E-state index contributed by atoms with van der Waals surface area (Å²) >= 11 is 0. The van der Waals surface area contributed by atoms with E-state index in [1.807, 2.05) is 0 Å². The van der Waals surface area contributed by atoms with Crippen molar-refractivity contribution in [3.05, 3.63) is 24.3 Å². The Morgan fingerprint density at radius 2 is 1.88 bits per heavy atom. The van der Waals surface area contributed by atoms with E-state index in [1.165, 1.54) is 44.9 Å². The molecule has 0 heteroatoms. The zero-order valence-corrected chi connectivity index (χ0v) is 11.6. The molecule has 0 N–H and O–H groups in total. The smallest absolute Gasteiger partial charge is 0.0169 e. The fraction of sp³-hybridized carbons (Fsp3) is 0.750. The van der Waals surface area contributed by atoms with Gasteiger partial charge in [0.2, 0.25) is 0 Å². The summed E-state index contributed by atoms with van der Waals surface area (Å²) in [6, 6.07) is 0. The largest absolute Gasteiger partial charge is 0.103 e. The third-order valence-electron chi connectivity index (χ3n) is 3.15. The van der Waals surface area contributed by atoms with Crippen LogP contribution in [0.25, 0.3) is 0 Å². The lowest BCUT2D eigenvalue weighted by Gasteiger charge is -2.19. The molecule has 0 aromatic heterocycles. The highest BCUT2D eigenvalue weighted by molar-refractivity contribution is 5.08. The van der Waals surface area contributed by atoms with Crippen molar-refractivity contribution in [2.24, 2.45) is 5.92 Å². The van der Waals surface area contributed by atoms with E-state index in [9.17, 15) is 0 Å². The molecule has 94 valence electrons. The van der Waals surface area contributed by atoms with Gasteiger partial charge in [0, 0.05) is 0 Å². The molecule has 0 bridgehead atoms. The van der Waals surface area contributed by atoms with Crippen LogP contribution in [-0.4, -0.2) is 0 Å². The first-order valence-corrected chi connectivity index (χ1v) is 7.09. The van der Waals surface area contributed by atoms with Gasteiger partial charge < -0.3 is 0 Å². The van der Waals surface area contributed by atoms with Gasteiger partial charge in [-0.05, 0) is 38.0 Å². The van der Waals surface area contributed by atoms with Gasteiger partial charge >= 0.3 is 0 Å². The molecule has 0 saturated carbocycles. The van der Waals surface area contributed by atoms with Crippen LogP contribution in [-0.2, 0) is 0 Å². The van der Waals surface area contributed by atoms with Crippen LogP contribution >= 0.6 is 0 Å². The number of allylic oxidation sites excluding steroid dienone is 3. The predicted octanol–water partition coefficient (Wildman–Crippen LogP) is 5.90. The van der Waals surface area contributed by atoms with Crippen molar-refractivity contribution in [2.45, 2.75) is 72.1 Å². The zero-order chi connectivity index (χ0) is 12.2. The highest BCUT2D eigenvalue weighted by Crippen LogP contribution is 2.26. The van der Waals surface area contributed by atoms with E-state index in [2.05, 4.69) is 39.5 Å². The van der Waals surface area contributed by atoms with Crippen molar-refractivity contribution in [3.63, 3.8) is 0 Å². The SMILES string of the molecule is C=CCC(CCC)C(=CCC)CCCCC. The molecule has 0 aromatic rings. The average molecular weight is 222 g/mol. The van der Waals surface area contributed by atoms with Crippen molar-refractivity contribution < 1.29 is 0 Å². The van der Waals surface area contributed by atoms with Crippen LogP contribution in [0.2, 0.25) is 0 Å². The standard InChI is InChI=1S/C16H30/c1-5-9-10-14-16(13-8-4)15(11-6-2)12-7-3/h6,13,15H,2,5,7-12,14H2,1,3-4H3. The molecular weight excluding hydrogens is 192 g/mol. The summed E-state index contributed by atoms with van der Waals surface area (Å²) in [7, 11) is 0. The molecule has 0 nitrogen and oxygen atoms in total. The van der Waals surface area contributed by atoms with Gasteiger partial charge in [-0.1, -0.05) is 57.8 Å². The quantitative estimate of drug-likeness (QED) is 0.319. The summed E-state index contributed by atoms with van der Waals surface area (Å²) in [4.78, 5) is 0. The summed E-state index contributed by atoms with van der Waals surface area (Å²) in [5, 5.41) is 0. The number of hydrogen-bond acceptors (Lipinski definition) is 0. The first-order chi connectivity index (χ1) is 7.79. The lowest BCUT2D eigenvalue weighted by Crippen LogP contribution is -2.04. The van der Waals surface area contributed by atoms with E-state index in [4.69, 9.17) is 0 Å². The van der Waals surface area contributed by atoms with Crippen molar-refractivity contribution in [2.75, 3.05) is 0 Å². The van der Waals surface area contributed by atoms with Gasteiger partial charge in [-0.2, -0.15) is 0 Å². The van der Waals surface area contributed by atoms with Gasteiger partial charge in [-0.25, -0.2) is 0 Å². The first-order valence-electron chi connectivity index (χ1n) is 7.09. The molecule has 16 heavy (non-hydrogen) atoms. The molecule has 1 atom stereocenters. The minimum Gasteiger partial charge on any atom is -0.103 e. The Morgan fingerprint density at radius 3 is 2.38 bits per heavy atom. The Balaban J connectivity index is 4.32. The summed E-state index contributed by atoms with van der Waals surface area (Å²) in [6.45, 7) is 10.7. The Bertz CT molecular complexity index is 188. The van der Waals surface area contributed by atoms with Crippen molar-refractivity contribution in [1.82, 2.24) is 0 Å². The summed E-state index contributed by atoms with van der Waals surface area (Å²) in [6.07, 6.45) is 14.8. The van der Waals surface area contributed by atoms with Crippen LogP contribution in [0.4, 0.5) is 0 Å². The van der Waals surface area contributed by atoms with E-state index in [-0.39, 0.29) is 0 Å². The lowest BCUT2D eigenvalue weighted by atomic mass is 9.87. The van der Waals surface area contributed by atoms with Crippen LogP contribution in [0, 0.1) is 5.92 Å². The fourth-order valence-electron chi connectivity index (χ4n) is 2.32. The highest BCUT2D eigenvalue weighted by Gasteiger charge is 2.11. The van der Waals surface area contributed by atoms with Crippen molar-refractivity contribution in [3.8, 4) is 0 Å². The van der Waals surface area contributed by atoms with Gasteiger partial charge in [-0.3, -0.25) is 0 Å². The lowest BCUT2D eigenvalue weighted by molar-refractivity contribution is 0.525. The van der Waals surface area contributed by atoms with E-state index in [1.54, 1.807) is 5.57 Å². The highest BCUT2D eigenvalue weighted by atomic mass is 14.2. The second-order valence-corrected chi connectivity index (χ2v) is 4.65. The van der Waals surface area contributed by atoms with Gasteiger partial charge in [-0.15, -0.1) is 6.58 Å². The Hall–Kier alpha value is -0.520. The summed E-state index contributed by atoms with van der Waals surface area (Å²) in [5.74, 6) is 0.763. The number of unbranched alkanes of at least 4 members (excludes halogenated alkanes) is 2. The molecule has 0 aliphatic carbocycles. The zero-order valence-electron chi connectivity index (χ0n) is 11.6. The third-order valence-corrected chi connectivity index (χ3v) is 3.15. The Morgan fingerprint density at radius 1 is 1.12 bits per heavy atom. The maximum atomic E-state index is 3.89. The van der Waals surface area contributed by atoms with Gasteiger partial charge in [0.05, 0.1) is 0 Å². The van der Waals surface area contributed by atoms with E-state index in [0.29, 0.717) is 0 Å². The minimum atomic E-state index is 0.763. The molecule has 0 aliphatic rings. The monoisotopic (exact) mass is 222 g/mol. The molecule has 0 radical (unpaired) electrons. The van der Waals surface area contributed by atoms with Gasteiger partial charge in [0.1, 0.15) is 0 Å². The van der Waals surface area contributed by atoms with E-state index in [0.717, 1.165) is 12.3 Å². The maximum absolute atomic E-state index is 3.89. The summed E-state index contributed by atoms with van der Waals surface area (Å²) < 4.78 is 0. The van der Waals surface area contributed by atoms with Crippen LogP contribution < -0.4 is 0 Å². The van der Waals surface area contributed by atoms with Crippen molar-refractivity contribution in [1.29, 1.82) is 0 Å². The van der Waals surface area contributed by atoms with Crippen LogP contribution in [0.1, 0.15) is 72.1 Å². The summed E-state index contributed by atoms with van der Waals surface area (Å²) in [5.41, 5.74) is 1.69. The van der Waals surface area contributed by atoms with E-state index >= 15 is 0 Å². The van der Waals surface area contributed by atoms with Crippen molar-refractivity contribution >= 4 is 0 Å². The molecule has 0 amide bonds.